The summed E-state index contributed by atoms with van der Waals surface area (Å²) in [5, 5.41) is 12.4. The van der Waals surface area contributed by atoms with Crippen LogP contribution in [0.15, 0.2) is 30.3 Å². The molecule has 1 unspecified atom stereocenters. The smallest absolute Gasteiger partial charge is 0.270 e. The summed E-state index contributed by atoms with van der Waals surface area (Å²) in [4.78, 5) is 20.6. The Kier molecular flexibility index (Phi) is 4.88. The molecule has 0 aliphatic heterocycles. The molecule has 0 spiro atoms. The molecular weight excluding hydrogens is 290 g/mol. The van der Waals surface area contributed by atoms with Crippen LogP contribution < -0.4 is 5.32 Å². The number of hydrogen-bond acceptors (Lipinski definition) is 4. The maximum atomic E-state index is 12.0. The number of benzene rings is 1. The van der Waals surface area contributed by atoms with Crippen molar-refractivity contribution < 1.29 is 9.90 Å². The fourth-order valence-corrected chi connectivity index (χ4v) is 1.87. The van der Waals surface area contributed by atoms with E-state index in [1.807, 2.05) is 0 Å². The van der Waals surface area contributed by atoms with E-state index in [1.54, 1.807) is 44.2 Å². The van der Waals surface area contributed by atoms with Crippen molar-refractivity contribution in [2.45, 2.75) is 20.0 Å². The summed E-state index contributed by atoms with van der Waals surface area (Å²) in [6.45, 7) is 3.58. The average Bonchev–Trinajstić information content (AvgIpc) is 2.44. The lowest BCUT2D eigenvalue weighted by atomic mass is 10.2. The molecule has 6 heteroatoms. The number of aromatic nitrogens is 2. The Labute approximate surface area is 128 Å². The van der Waals surface area contributed by atoms with Gasteiger partial charge in [-0.2, -0.15) is 0 Å². The topological polar surface area (TPSA) is 75.1 Å². The molecule has 1 aromatic heterocycles. The van der Waals surface area contributed by atoms with Gasteiger partial charge in [-0.25, -0.2) is 9.97 Å². The van der Waals surface area contributed by atoms with E-state index in [2.05, 4.69) is 15.3 Å². The van der Waals surface area contributed by atoms with Crippen molar-refractivity contribution in [1.29, 1.82) is 0 Å². The number of hydrogen-bond donors (Lipinski definition) is 2. The Morgan fingerprint density at radius 1 is 1.33 bits per heavy atom. The van der Waals surface area contributed by atoms with Gasteiger partial charge in [0.2, 0.25) is 0 Å². The molecule has 0 aliphatic rings. The van der Waals surface area contributed by atoms with E-state index in [0.717, 1.165) is 5.56 Å². The molecule has 1 aromatic carbocycles. The van der Waals surface area contributed by atoms with Gasteiger partial charge in [0.05, 0.1) is 6.10 Å². The second-order valence-electron chi connectivity index (χ2n) is 4.78. The van der Waals surface area contributed by atoms with E-state index in [9.17, 15) is 9.90 Å². The molecule has 1 heterocycles. The van der Waals surface area contributed by atoms with Crippen LogP contribution in [0.4, 0.5) is 0 Å². The van der Waals surface area contributed by atoms with Gasteiger partial charge in [0, 0.05) is 22.8 Å². The molecule has 5 nitrogen and oxygen atoms in total. The van der Waals surface area contributed by atoms with Crippen LogP contribution in [-0.4, -0.2) is 33.6 Å². The number of carbonyl (C=O) groups excluding carboxylic acids is 1. The summed E-state index contributed by atoms with van der Waals surface area (Å²) in [7, 11) is 0. The lowest BCUT2D eigenvalue weighted by molar-refractivity contribution is 0.0919. The van der Waals surface area contributed by atoms with Gasteiger partial charge in [-0.3, -0.25) is 4.79 Å². The monoisotopic (exact) mass is 305 g/mol. The molecule has 1 atom stereocenters. The largest absolute Gasteiger partial charge is 0.392 e. The molecule has 0 saturated heterocycles. The summed E-state index contributed by atoms with van der Waals surface area (Å²) >= 11 is 5.85. The maximum Gasteiger partial charge on any atom is 0.270 e. The van der Waals surface area contributed by atoms with Gasteiger partial charge in [-0.15, -0.1) is 0 Å². The van der Waals surface area contributed by atoms with E-state index in [-0.39, 0.29) is 18.1 Å². The molecule has 1 amide bonds. The first-order chi connectivity index (χ1) is 9.95. The van der Waals surface area contributed by atoms with E-state index >= 15 is 0 Å². The predicted octanol–water partition coefficient (Wildman–Crippen LogP) is 2.22. The highest BCUT2D eigenvalue weighted by Crippen LogP contribution is 2.18. The Bertz CT molecular complexity index is 642. The lowest BCUT2D eigenvalue weighted by Gasteiger charge is -2.08. The molecule has 0 radical (unpaired) electrons. The number of nitrogens with zero attached hydrogens (tertiary/aromatic N) is 2. The quantitative estimate of drug-likeness (QED) is 0.908. The van der Waals surface area contributed by atoms with E-state index in [0.29, 0.717) is 16.5 Å². The van der Waals surface area contributed by atoms with E-state index < -0.39 is 6.10 Å². The van der Waals surface area contributed by atoms with Gasteiger partial charge < -0.3 is 10.4 Å². The minimum atomic E-state index is -0.604. The van der Waals surface area contributed by atoms with Crippen LogP contribution in [0.25, 0.3) is 11.4 Å². The summed E-state index contributed by atoms with van der Waals surface area (Å²) in [5.41, 5.74) is 1.75. The number of aliphatic hydroxyl groups excluding tert-OH is 1. The number of aliphatic hydroxyl groups is 1. The highest BCUT2D eigenvalue weighted by molar-refractivity contribution is 6.30. The Morgan fingerprint density at radius 3 is 2.62 bits per heavy atom. The predicted molar refractivity (Wildman–Crippen MR) is 81.2 cm³/mol. The van der Waals surface area contributed by atoms with Gasteiger partial charge >= 0.3 is 0 Å². The zero-order chi connectivity index (χ0) is 15.4. The number of amides is 1. The first-order valence-corrected chi connectivity index (χ1v) is 6.91. The Morgan fingerprint density at radius 2 is 2.00 bits per heavy atom. The Hall–Kier alpha value is -1.98. The van der Waals surface area contributed by atoms with E-state index in [4.69, 9.17) is 11.6 Å². The van der Waals surface area contributed by atoms with Crippen LogP contribution in [0.3, 0.4) is 0 Å². The van der Waals surface area contributed by atoms with Gasteiger partial charge in [-0.05, 0) is 44.2 Å². The molecule has 0 aliphatic carbocycles. The molecule has 2 rings (SSSR count). The standard InChI is InChI=1S/C15H16ClN3O2/c1-9-7-13(15(21)17-8-10(2)20)19-14(18-9)11-3-5-12(16)6-4-11/h3-7,10,20H,8H2,1-2H3,(H,17,21). The van der Waals surface area contributed by atoms with Crippen molar-refractivity contribution >= 4 is 17.5 Å². The molecular formula is C15H16ClN3O2. The molecule has 21 heavy (non-hydrogen) atoms. The van der Waals surface area contributed by atoms with Gasteiger partial charge in [0.1, 0.15) is 5.69 Å². The zero-order valence-electron chi connectivity index (χ0n) is 11.8. The Balaban J connectivity index is 2.28. The average molecular weight is 306 g/mol. The summed E-state index contributed by atoms with van der Waals surface area (Å²) in [5.74, 6) is 0.130. The SMILES string of the molecule is Cc1cc(C(=O)NCC(C)O)nc(-c2ccc(Cl)cc2)n1. The van der Waals surface area contributed by atoms with Crippen LogP contribution in [0, 0.1) is 6.92 Å². The van der Waals surface area contributed by atoms with Crippen molar-refractivity contribution in [2.75, 3.05) is 6.54 Å². The third-order valence-electron chi connectivity index (χ3n) is 2.75. The van der Waals surface area contributed by atoms with Gasteiger partial charge in [0.25, 0.3) is 5.91 Å². The summed E-state index contributed by atoms with van der Waals surface area (Å²) < 4.78 is 0. The normalized spacial score (nSPS) is 12.0. The van der Waals surface area contributed by atoms with Crippen molar-refractivity contribution in [3.8, 4) is 11.4 Å². The fraction of sp³-hybridized carbons (Fsp3) is 0.267. The molecule has 0 bridgehead atoms. The van der Waals surface area contributed by atoms with Crippen LogP contribution in [0.2, 0.25) is 5.02 Å². The zero-order valence-corrected chi connectivity index (χ0v) is 12.6. The first-order valence-electron chi connectivity index (χ1n) is 6.53. The summed E-state index contributed by atoms with van der Waals surface area (Å²) in [6, 6.07) is 8.70. The third kappa shape index (κ3) is 4.24. The third-order valence-corrected chi connectivity index (χ3v) is 3.00. The highest BCUT2D eigenvalue weighted by atomic mass is 35.5. The second-order valence-corrected chi connectivity index (χ2v) is 5.22. The molecule has 110 valence electrons. The molecule has 0 saturated carbocycles. The van der Waals surface area contributed by atoms with Gasteiger partial charge in [0.15, 0.2) is 5.82 Å². The highest BCUT2D eigenvalue weighted by Gasteiger charge is 2.12. The molecule has 0 fully saturated rings. The number of carbonyl (C=O) groups is 1. The summed E-state index contributed by atoms with van der Waals surface area (Å²) in [6.07, 6.45) is -0.604. The van der Waals surface area contributed by atoms with E-state index in [1.165, 1.54) is 0 Å². The van der Waals surface area contributed by atoms with Crippen LogP contribution >= 0.6 is 11.6 Å². The van der Waals surface area contributed by atoms with Crippen LogP contribution in [0.1, 0.15) is 23.1 Å². The lowest BCUT2D eigenvalue weighted by Crippen LogP contribution is -2.31. The van der Waals surface area contributed by atoms with Crippen molar-refractivity contribution in [3.05, 3.63) is 46.7 Å². The molecule has 2 aromatic rings. The molecule has 2 N–H and O–H groups in total. The second kappa shape index (κ2) is 6.65. The number of rotatable bonds is 4. The van der Waals surface area contributed by atoms with Crippen molar-refractivity contribution in [1.82, 2.24) is 15.3 Å². The fourth-order valence-electron chi connectivity index (χ4n) is 1.74. The van der Waals surface area contributed by atoms with Crippen LogP contribution in [0.5, 0.6) is 0 Å². The number of nitrogens with one attached hydrogen (secondary N) is 1. The minimum absolute atomic E-state index is 0.179. The first kappa shape index (κ1) is 15.4. The van der Waals surface area contributed by atoms with Crippen molar-refractivity contribution in [3.63, 3.8) is 0 Å². The minimum Gasteiger partial charge on any atom is -0.392 e. The maximum absolute atomic E-state index is 12.0. The van der Waals surface area contributed by atoms with Crippen LogP contribution in [-0.2, 0) is 0 Å². The number of aryl methyl sites for hydroxylation is 1. The van der Waals surface area contributed by atoms with Gasteiger partial charge in [-0.1, -0.05) is 11.6 Å². The van der Waals surface area contributed by atoms with Crippen molar-refractivity contribution in [2.24, 2.45) is 0 Å². The number of halogens is 1.